The summed E-state index contributed by atoms with van der Waals surface area (Å²) < 4.78 is 5.14. The zero-order valence-corrected chi connectivity index (χ0v) is 13.6. The first-order valence-corrected chi connectivity index (χ1v) is 7.95. The third-order valence-corrected chi connectivity index (χ3v) is 4.24. The highest BCUT2D eigenvalue weighted by Gasteiger charge is 2.36. The molecule has 0 saturated heterocycles. The number of carbonyl (C=O) groups is 1. The van der Waals surface area contributed by atoms with Crippen molar-refractivity contribution in [1.29, 1.82) is 0 Å². The van der Waals surface area contributed by atoms with Crippen molar-refractivity contribution in [2.75, 3.05) is 11.9 Å². The van der Waals surface area contributed by atoms with Gasteiger partial charge in [-0.15, -0.1) is 0 Å². The molecule has 0 aromatic heterocycles. The van der Waals surface area contributed by atoms with Crippen molar-refractivity contribution >= 4 is 11.7 Å². The summed E-state index contributed by atoms with van der Waals surface area (Å²) in [5, 5.41) is 3.60. The molecule has 1 saturated carbocycles. The molecule has 1 aromatic rings. The van der Waals surface area contributed by atoms with E-state index in [-0.39, 0.29) is 5.97 Å². The van der Waals surface area contributed by atoms with E-state index in [1.54, 1.807) is 0 Å². The molecule has 2 atom stereocenters. The third-order valence-electron chi connectivity index (χ3n) is 4.24. The summed E-state index contributed by atoms with van der Waals surface area (Å²) in [6.07, 6.45) is 3.29. The molecule has 2 unspecified atom stereocenters. The molecule has 1 aromatic carbocycles. The maximum absolute atomic E-state index is 11.8. The second kappa shape index (κ2) is 6.50. The highest BCUT2D eigenvalue weighted by Crippen LogP contribution is 2.42. The minimum atomic E-state index is -0.237. The SMILES string of the molecule is CCCOC(=O)c1ccc(NC2CC(C)(C)CC2C)cc1. The van der Waals surface area contributed by atoms with Gasteiger partial charge in [0.15, 0.2) is 0 Å². The third kappa shape index (κ3) is 4.23. The van der Waals surface area contributed by atoms with Gasteiger partial charge < -0.3 is 10.1 Å². The Morgan fingerprint density at radius 2 is 1.95 bits per heavy atom. The number of carbonyl (C=O) groups excluding carboxylic acids is 1. The number of anilines is 1. The molecule has 21 heavy (non-hydrogen) atoms. The van der Waals surface area contributed by atoms with E-state index in [2.05, 4.69) is 26.1 Å². The molecule has 0 bridgehead atoms. The lowest BCUT2D eigenvalue weighted by molar-refractivity contribution is 0.0505. The predicted octanol–water partition coefficient (Wildman–Crippen LogP) is 4.49. The van der Waals surface area contributed by atoms with Crippen LogP contribution in [0.4, 0.5) is 5.69 Å². The van der Waals surface area contributed by atoms with Gasteiger partial charge in [0.1, 0.15) is 0 Å². The van der Waals surface area contributed by atoms with Gasteiger partial charge in [0.05, 0.1) is 12.2 Å². The van der Waals surface area contributed by atoms with Gasteiger partial charge in [-0.1, -0.05) is 27.7 Å². The van der Waals surface area contributed by atoms with Crippen molar-refractivity contribution in [3.05, 3.63) is 29.8 Å². The zero-order valence-electron chi connectivity index (χ0n) is 13.6. The lowest BCUT2D eigenvalue weighted by Gasteiger charge is -2.20. The van der Waals surface area contributed by atoms with Gasteiger partial charge in [0.2, 0.25) is 0 Å². The number of hydrogen-bond donors (Lipinski definition) is 1. The van der Waals surface area contributed by atoms with Gasteiger partial charge in [-0.2, -0.15) is 0 Å². The summed E-state index contributed by atoms with van der Waals surface area (Å²) in [6.45, 7) is 9.44. The van der Waals surface area contributed by atoms with E-state index in [1.807, 2.05) is 31.2 Å². The van der Waals surface area contributed by atoms with Crippen molar-refractivity contribution in [3.8, 4) is 0 Å². The molecular weight excluding hydrogens is 262 g/mol. The smallest absolute Gasteiger partial charge is 0.338 e. The fourth-order valence-electron chi connectivity index (χ4n) is 3.28. The van der Waals surface area contributed by atoms with Crippen LogP contribution in [0, 0.1) is 11.3 Å². The number of hydrogen-bond acceptors (Lipinski definition) is 3. The van der Waals surface area contributed by atoms with Crippen LogP contribution in [-0.4, -0.2) is 18.6 Å². The summed E-state index contributed by atoms with van der Waals surface area (Å²) in [5.41, 5.74) is 2.12. The standard InChI is InChI=1S/C18H27NO2/c1-5-10-21-17(20)14-6-8-15(9-7-14)19-16-12-18(3,4)11-13(16)2/h6-9,13,16,19H,5,10-12H2,1-4H3. The minimum absolute atomic E-state index is 0.237. The molecular formula is C18H27NO2. The molecule has 0 heterocycles. The Bertz CT molecular complexity index is 478. The van der Waals surface area contributed by atoms with Crippen LogP contribution in [0.15, 0.2) is 24.3 Å². The Labute approximate surface area is 128 Å². The highest BCUT2D eigenvalue weighted by atomic mass is 16.5. The Kier molecular flexibility index (Phi) is 4.92. The summed E-state index contributed by atoms with van der Waals surface area (Å²) in [5.74, 6) is 0.438. The van der Waals surface area contributed by atoms with Crippen molar-refractivity contribution in [3.63, 3.8) is 0 Å². The topological polar surface area (TPSA) is 38.3 Å². The molecule has 1 aliphatic carbocycles. The minimum Gasteiger partial charge on any atom is -0.462 e. The lowest BCUT2D eigenvalue weighted by Crippen LogP contribution is -2.22. The quantitative estimate of drug-likeness (QED) is 0.812. The molecule has 1 fully saturated rings. The fraction of sp³-hybridized carbons (Fsp3) is 0.611. The van der Waals surface area contributed by atoms with E-state index in [1.165, 1.54) is 12.8 Å². The average molecular weight is 289 g/mol. The lowest BCUT2D eigenvalue weighted by atomic mass is 9.91. The summed E-state index contributed by atoms with van der Waals surface area (Å²) >= 11 is 0. The molecule has 3 nitrogen and oxygen atoms in total. The first kappa shape index (κ1) is 15.9. The van der Waals surface area contributed by atoms with Crippen LogP contribution < -0.4 is 5.32 Å². The van der Waals surface area contributed by atoms with Gasteiger partial charge in [-0.3, -0.25) is 0 Å². The van der Waals surface area contributed by atoms with Gasteiger partial charge in [-0.25, -0.2) is 4.79 Å². The highest BCUT2D eigenvalue weighted by molar-refractivity contribution is 5.89. The molecule has 2 rings (SSSR count). The average Bonchev–Trinajstić information content (AvgIpc) is 2.69. The van der Waals surface area contributed by atoms with E-state index in [0.717, 1.165) is 12.1 Å². The summed E-state index contributed by atoms with van der Waals surface area (Å²) in [7, 11) is 0. The van der Waals surface area contributed by atoms with Crippen molar-refractivity contribution in [2.24, 2.45) is 11.3 Å². The molecule has 3 heteroatoms. The van der Waals surface area contributed by atoms with E-state index in [9.17, 15) is 4.79 Å². The van der Waals surface area contributed by atoms with E-state index in [0.29, 0.717) is 29.5 Å². The normalized spacial score (nSPS) is 23.8. The summed E-state index contributed by atoms with van der Waals surface area (Å²) in [6, 6.07) is 8.13. The number of benzene rings is 1. The second-order valence-electron chi connectivity index (χ2n) is 7.01. The molecule has 116 valence electrons. The molecule has 0 radical (unpaired) electrons. The van der Waals surface area contributed by atoms with Gasteiger partial charge in [-0.05, 0) is 54.9 Å². The van der Waals surface area contributed by atoms with Crippen molar-refractivity contribution in [1.82, 2.24) is 0 Å². The maximum atomic E-state index is 11.8. The van der Waals surface area contributed by atoms with E-state index in [4.69, 9.17) is 4.74 Å². The molecule has 0 aliphatic heterocycles. The van der Waals surface area contributed by atoms with Crippen LogP contribution in [0.1, 0.15) is 57.3 Å². The Hall–Kier alpha value is -1.51. The number of esters is 1. The maximum Gasteiger partial charge on any atom is 0.338 e. The predicted molar refractivity (Wildman–Crippen MR) is 86.6 cm³/mol. The Balaban J connectivity index is 1.95. The first-order valence-electron chi connectivity index (χ1n) is 7.95. The van der Waals surface area contributed by atoms with Crippen LogP contribution in [-0.2, 0) is 4.74 Å². The van der Waals surface area contributed by atoms with E-state index >= 15 is 0 Å². The zero-order chi connectivity index (χ0) is 15.5. The van der Waals surface area contributed by atoms with Crippen LogP contribution in [0.3, 0.4) is 0 Å². The largest absolute Gasteiger partial charge is 0.462 e. The number of ether oxygens (including phenoxy) is 1. The fourth-order valence-corrected chi connectivity index (χ4v) is 3.28. The van der Waals surface area contributed by atoms with Crippen LogP contribution in [0.25, 0.3) is 0 Å². The Morgan fingerprint density at radius 3 is 2.48 bits per heavy atom. The van der Waals surface area contributed by atoms with Gasteiger partial charge >= 0.3 is 5.97 Å². The molecule has 0 amide bonds. The molecule has 1 aliphatic rings. The molecule has 1 N–H and O–H groups in total. The first-order chi connectivity index (χ1) is 9.91. The van der Waals surface area contributed by atoms with Crippen LogP contribution in [0.5, 0.6) is 0 Å². The van der Waals surface area contributed by atoms with Crippen molar-refractivity contribution in [2.45, 2.75) is 53.0 Å². The van der Waals surface area contributed by atoms with Crippen LogP contribution >= 0.6 is 0 Å². The van der Waals surface area contributed by atoms with Gasteiger partial charge in [0.25, 0.3) is 0 Å². The van der Waals surface area contributed by atoms with E-state index < -0.39 is 0 Å². The Morgan fingerprint density at radius 1 is 1.29 bits per heavy atom. The monoisotopic (exact) mass is 289 g/mol. The molecule has 0 spiro atoms. The second-order valence-corrected chi connectivity index (χ2v) is 7.01. The van der Waals surface area contributed by atoms with Gasteiger partial charge in [0, 0.05) is 11.7 Å². The summed E-state index contributed by atoms with van der Waals surface area (Å²) in [4.78, 5) is 11.8. The number of rotatable bonds is 5. The van der Waals surface area contributed by atoms with Crippen molar-refractivity contribution < 1.29 is 9.53 Å². The van der Waals surface area contributed by atoms with Crippen LogP contribution in [0.2, 0.25) is 0 Å². The number of nitrogens with one attached hydrogen (secondary N) is 1.